The van der Waals surface area contributed by atoms with E-state index >= 15 is 0 Å². The normalized spacial score (nSPS) is 18.2. The van der Waals surface area contributed by atoms with Crippen molar-refractivity contribution in [3.05, 3.63) is 184 Å². The molecule has 3 unspecified atom stereocenters. The molecule has 74 heavy (non-hydrogen) atoms. The maximum absolute atomic E-state index is 14.9. The van der Waals surface area contributed by atoms with Gasteiger partial charge in [0.2, 0.25) is 17.8 Å². The fourth-order valence-corrected chi connectivity index (χ4v) is 9.51. The molecule has 10 rings (SSSR count). The van der Waals surface area contributed by atoms with Crippen molar-refractivity contribution in [2.75, 3.05) is 15.1 Å². The number of hydrogen-bond donors (Lipinski definition) is 8. The quantitative estimate of drug-likeness (QED) is 0.0641. The highest BCUT2D eigenvalue weighted by molar-refractivity contribution is 6.13. The number of carbonyl (C=O) groups excluding carboxylic acids is 4. The number of nitrogens with two attached hydrogens (primary N) is 1. The van der Waals surface area contributed by atoms with E-state index in [4.69, 9.17) is 5.73 Å². The van der Waals surface area contributed by atoms with Gasteiger partial charge in [0, 0.05) is 51.2 Å². The summed E-state index contributed by atoms with van der Waals surface area (Å²) in [6.07, 6.45) is -16.3. The summed E-state index contributed by atoms with van der Waals surface area (Å²) in [7, 11) is 0. The molecule has 0 spiro atoms. The second-order valence-electron chi connectivity index (χ2n) is 17.3. The first kappa shape index (κ1) is 48.5. The number of fused-ring (bicyclic) bond motifs is 4. The molecule has 4 heterocycles. The number of H-pyrrole nitrogens is 2. The SMILES string of the molecule is NC(=O)c1cccc(N2C(=O)c3ccccc3C2(O)c2ccc3nc(N(C(=O)O)C(C(=O)Nc4nc5ccc(C6(O)c7ccccc7C(=O)N6Cc6ccccc6)cc5[nH]4)C(O)(C(F)(F)F)C(F)(F)F)[nH]c3c2)c1. The minimum atomic E-state index is -6.82. The van der Waals surface area contributed by atoms with Crippen molar-refractivity contribution in [2.24, 2.45) is 5.73 Å². The molecule has 18 nitrogen and oxygen atoms in total. The molecule has 0 fully saturated rings. The second-order valence-corrected chi connectivity index (χ2v) is 17.3. The zero-order valence-electron chi connectivity index (χ0n) is 37.5. The highest BCUT2D eigenvalue weighted by Crippen LogP contribution is 2.49. The average molecular weight is 1020 g/mol. The molecule has 376 valence electrons. The molecule has 0 saturated carbocycles. The fourth-order valence-electron chi connectivity index (χ4n) is 9.51. The van der Waals surface area contributed by atoms with Crippen molar-refractivity contribution in [2.45, 2.75) is 42.0 Å². The molecular weight excluding hydrogens is 985 g/mol. The lowest BCUT2D eigenvalue weighted by Gasteiger charge is -2.40. The summed E-state index contributed by atoms with van der Waals surface area (Å²) in [6, 6.07) is 28.9. The van der Waals surface area contributed by atoms with Crippen LogP contribution in [0.3, 0.4) is 0 Å². The lowest BCUT2D eigenvalue weighted by atomic mass is 9.90. The number of aliphatic hydroxyl groups is 3. The van der Waals surface area contributed by atoms with Crippen LogP contribution in [-0.4, -0.2) is 99.0 Å². The predicted molar refractivity (Wildman–Crippen MR) is 249 cm³/mol. The summed E-state index contributed by atoms with van der Waals surface area (Å²) in [5.41, 5.74) is -5.53. The largest absolute Gasteiger partial charge is 0.465 e. The van der Waals surface area contributed by atoms with Gasteiger partial charge in [-0.25, -0.2) is 19.7 Å². The zero-order valence-corrected chi connectivity index (χ0v) is 37.5. The van der Waals surface area contributed by atoms with Crippen LogP contribution in [0, 0.1) is 0 Å². The van der Waals surface area contributed by atoms with Gasteiger partial charge in [0.1, 0.15) is 0 Å². The van der Waals surface area contributed by atoms with E-state index in [0.717, 1.165) is 17.0 Å². The number of nitrogens with zero attached hydrogens (tertiary/aromatic N) is 5. The topological polar surface area (TPSA) is 271 Å². The molecule has 3 atom stereocenters. The van der Waals surface area contributed by atoms with E-state index in [1.54, 1.807) is 47.8 Å². The van der Waals surface area contributed by atoms with Crippen molar-refractivity contribution in [3.8, 4) is 0 Å². The van der Waals surface area contributed by atoms with E-state index in [-0.39, 0.29) is 73.2 Å². The Labute approximate surface area is 410 Å². The Balaban J connectivity index is 1.04. The summed E-state index contributed by atoms with van der Waals surface area (Å²) in [5, 5.41) is 48.2. The zero-order chi connectivity index (χ0) is 52.9. The number of aromatic nitrogens is 4. The first-order valence-corrected chi connectivity index (χ1v) is 21.9. The smallest absolute Gasteiger partial charge is 0.428 e. The second kappa shape index (κ2) is 17.0. The number of imidazole rings is 2. The first-order valence-electron chi connectivity index (χ1n) is 21.9. The van der Waals surface area contributed by atoms with Crippen LogP contribution >= 0.6 is 0 Å². The number of rotatable bonds is 11. The van der Waals surface area contributed by atoms with Gasteiger partial charge in [-0.05, 0) is 60.2 Å². The van der Waals surface area contributed by atoms with Crippen molar-refractivity contribution >= 4 is 69.4 Å². The van der Waals surface area contributed by atoms with Crippen LogP contribution < -0.4 is 20.9 Å². The van der Waals surface area contributed by atoms with Gasteiger partial charge in [0.25, 0.3) is 23.3 Å². The highest BCUT2D eigenvalue weighted by atomic mass is 19.4. The maximum Gasteiger partial charge on any atom is 0.428 e. The van der Waals surface area contributed by atoms with Gasteiger partial charge >= 0.3 is 18.4 Å². The number of nitrogens with one attached hydrogen (secondary N) is 3. The number of carboxylic acid groups (broad SMARTS) is 1. The van der Waals surface area contributed by atoms with E-state index in [1.165, 1.54) is 89.8 Å². The molecule has 6 aromatic carbocycles. The van der Waals surface area contributed by atoms with E-state index in [9.17, 15) is 70.7 Å². The molecule has 2 aliphatic rings. The monoisotopic (exact) mass is 1020 g/mol. The van der Waals surface area contributed by atoms with E-state index < -0.39 is 82.0 Å². The van der Waals surface area contributed by atoms with Crippen molar-refractivity contribution in [3.63, 3.8) is 0 Å². The molecule has 9 N–H and O–H groups in total. The van der Waals surface area contributed by atoms with Crippen LogP contribution in [0.4, 0.5) is 48.7 Å². The van der Waals surface area contributed by atoms with Gasteiger partial charge < -0.3 is 36.1 Å². The minimum Gasteiger partial charge on any atom is -0.465 e. The average Bonchev–Trinajstić information content (AvgIpc) is 4.09. The Kier molecular flexibility index (Phi) is 11.1. The van der Waals surface area contributed by atoms with Crippen LogP contribution in [0.15, 0.2) is 140 Å². The summed E-state index contributed by atoms with van der Waals surface area (Å²) >= 11 is 0. The van der Waals surface area contributed by atoms with Crippen molar-refractivity contribution < 1.29 is 70.7 Å². The van der Waals surface area contributed by atoms with Gasteiger partial charge in [-0.15, -0.1) is 0 Å². The minimum absolute atomic E-state index is 0.0143. The van der Waals surface area contributed by atoms with Gasteiger partial charge in [0.15, 0.2) is 17.5 Å². The number of halogens is 6. The lowest BCUT2D eigenvalue weighted by molar-refractivity contribution is -0.370. The van der Waals surface area contributed by atoms with Crippen LogP contribution in [0.5, 0.6) is 0 Å². The Morgan fingerprint density at radius 1 is 0.689 bits per heavy atom. The summed E-state index contributed by atoms with van der Waals surface area (Å²) in [6.45, 7) is -0.0899. The summed E-state index contributed by atoms with van der Waals surface area (Å²) in [4.78, 5) is 81.2. The van der Waals surface area contributed by atoms with Gasteiger partial charge in [-0.2, -0.15) is 26.3 Å². The first-order chi connectivity index (χ1) is 35.0. The molecule has 5 amide bonds. The molecule has 8 aromatic rings. The Morgan fingerprint density at radius 3 is 1.85 bits per heavy atom. The summed E-state index contributed by atoms with van der Waals surface area (Å²) in [5.74, 6) is -6.82. The number of primary amides is 1. The third-order valence-corrected chi connectivity index (χ3v) is 13.0. The maximum atomic E-state index is 14.9. The van der Waals surface area contributed by atoms with E-state index in [1.807, 2.05) is 0 Å². The van der Waals surface area contributed by atoms with E-state index in [0.29, 0.717) is 5.56 Å². The number of benzene rings is 6. The number of carbonyl (C=O) groups is 5. The Hall–Kier alpha value is -9.13. The number of amides is 5. The lowest BCUT2D eigenvalue weighted by Crippen LogP contribution is -2.72. The van der Waals surface area contributed by atoms with Gasteiger partial charge in [0.05, 0.1) is 22.1 Å². The molecule has 24 heteroatoms. The molecule has 0 aliphatic carbocycles. The summed E-state index contributed by atoms with van der Waals surface area (Å²) < 4.78 is 89.4. The predicted octanol–water partition coefficient (Wildman–Crippen LogP) is 6.59. The van der Waals surface area contributed by atoms with E-state index in [2.05, 4.69) is 19.9 Å². The Morgan fingerprint density at radius 2 is 1.24 bits per heavy atom. The third-order valence-electron chi connectivity index (χ3n) is 13.0. The van der Waals surface area contributed by atoms with Crippen LogP contribution in [-0.2, 0) is 22.8 Å². The number of hydrogen-bond acceptors (Lipinski definition) is 10. The van der Waals surface area contributed by atoms with Crippen LogP contribution in [0.1, 0.15) is 58.9 Å². The number of anilines is 3. The fraction of sp³-hybridized carbons (Fsp3) is 0.140. The third kappa shape index (κ3) is 7.36. The van der Waals surface area contributed by atoms with Gasteiger partial charge in [-0.1, -0.05) is 84.9 Å². The number of aromatic amines is 2. The molecule has 2 aromatic heterocycles. The molecule has 2 aliphatic heterocycles. The molecule has 0 radical (unpaired) electrons. The standard InChI is InChI=1S/C50H35F6N9O9/c51-49(52,53)48(74,50(54,55)56)38(40(67)62-43-58-34-19-17-27(22-36(34)59-43)46(72)32-15-6-4-13-30(32)41(68)63(46)24-25-9-2-1-3-10-25)64(45(70)71)44-60-35-20-18-28(23-37(35)61-44)47(73)33-16-7-5-14-31(33)42(69)65(47)29-12-8-11-26(21-29)39(57)66/h1-23,38,72-74H,24H2,(H2,57,66)(H,60,61)(H,70,71)(H2,58,59,62,67). The number of alkyl halides is 6. The molecule has 0 saturated heterocycles. The van der Waals surface area contributed by atoms with Crippen molar-refractivity contribution in [1.82, 2.24) is 24.8 Å². The van der Waals surface area contributed by atoms with Crippen LogP contribution in [0.2, 0.25) is 0 Å². The molecule has 0 bridgehead atoms. The van der Waals surface area contributed by atoms with Crippen molar-refractivity contribution in [1.29, 1.82) is 0 Å². The molecular formula is C50H35F6N9O9. The van der Waals surface area contributed by atoms with Crippen LogP contribution in [0.25, 0.3) is 22.1 Å². The van der Waals surface area contributed by atoms with Gasteiger partial charge in [-0.3, -0.25) is 34.3 Å². The highest BCUT2D eigenvalue weighted by Gasteiger charge is 2.78. The Bertz CT molecular complexity index is 3630.